The smallest absolute Gasteiger partial charge is 0.404 e. The zero-order valence-corrected chi connectivity index (χ0v) is 10.7. The van der Waals surface area contributed by atoms with Crippen LogP contribution in [0.25, 0.3) is 17.0 Å². The summed E-state index contributed by atoms with van der Waals surface area (Å²) in [5, 5.41) is 4.55. The van der Waals surface area contributed by atoms with Crippen molar-refractivity contribution in [2.45, 2.75) is 6.04 Å². The number of rotatable bonds is 6. The fraction of sp³-hybridized carbons (Fsp3) is 0.231. The number of aromatic nitrogens is 1. The lowest BCUT2D eigenvalue weighted by Crippen LogP contribution is -2.34. The van der Waals surface area contributed by atoms with Crippen molar-refractivity contribution in [2.75, 3.05) is 13.2 Å². The Bertz CT molecular complexity index is 623. The van der Waals surface area contributed by atoms with Crippen molar-refractivity contribution in [2.24, 2.45) is 11.5 Å². The average Bonchev–Trinajstić information content (AvgIpc) is 2.85. The largest absolute Gasteiger partial charge is 0.473 e. The van der Waals surface area contributed by atoms with E-state index in [0.29, 0.717) is 11.5 Å². The Kier molecular flexibility index (Phi) is 4.21. The molecule has 1 unspecified atom stereocenters. The van der Waals surface area contributed by atoms with Crippen LogP contribution in [0.5, 0.6) is 5.88 Å². The molecule has 1 aromatic carbocycles. The second kappa shape index (κ2) is 6.07. The summed E-state index contributed by atoms with van der Waals surface area (Å²) in [7, 11) is 0. The van der Waals surface area contributed by atoms with Gasteiger partial charge >= 0.3 is 6.09 Å². The average molecular weight is 277 g/mol. The van der Waals surface area contributed by atoms with Crippen LogP contribution in [0.3, 0.4) is 0 Å². The Morgan fingerprint density at radius 3 is 3.00 bits per heavy atom. The predicted molar refractivity (Wildman–Crippen MR) is 73.1 cm³/mol. The molecule has 0 saturated heterocycles. The van der Waals surface area contributed by atoms with Crippen molar-refractivity contribution >= 4 is 23.1 Å². The third kappa shape index (κ3) is 3.27. The molecule has 1 heterocycles. The van der Waals surface area contributed by atoms with Crippen molar-refractivity contribution in [1.82, 2.24) is 5.16 Å². The number of carbonyl (C=O) groups is 1. The number of ether oxygens (including phenoxy) is 2. The molecule has 0 saturated carbocycles. The quantitative estimate of drug-likeness (QED) is 0.822. The molecule has 106 valence electrons. The molecule has 2 rings (SSSR count). The van der Waals surface area contributed by atoms with Gasteiger partial charge in [0.05, 0.1) is 11.4 Å². The predicted octanol–water partition coefficient (Wildman–Crippen LogP) is 1.27. The Morgan fingerprint density at radius 2 is 2.30 bits per heavy atom. The zero-order chi connectivity index (χ0) is 14.5. The molecule has 0 aliphatic carbocycles. The third-order valence-corrected chi connectivity index (χ3v) is 2.57. The van der Waals surface area contributed by atoms with Gasteiger partial charge in [-0.1, -0.05) is 18.7 Å². The van der Waals surface area contributed by atoms with Gasteiger partial charge in [-0.2, -0.15) is 0 Å². The first kappa shape index (κ1) is 13.9. The van der Waals surface area contributed by atoms with Gasteiger partial charge in [-0.15, -0.1) is 0 Å². The summed E-state index contributed by atoms with van der Waals surface area (Å²) in [5.41, 5.74) is 12.1. The number of primary amides is 1. The van der Waals surface area contributed by atoms with E-state index in [4.69, 9.17) is 20.7 Å². The highest BCUT2D eigenvalue weighted by molar-refractivity contribution is 5.84. The Balaban J connectivity index is 2.02. The van der Waals surface area contributed by atoms with Crippen LogP contribution in [0, 0.1) is 0 Å². The van der Waals surface area contributed by atoms with Crippen LogP contribution < -0.4 is 16.2 Å². The van der Waals surface area contributed by atoms with Gasteiger partial charge in [-0.05, 0) is 22.9 Å². The molecule has 0 aliphatic heterocycles. The molecule has 20 heavy (non-hydrogen) atoms. The third-order valence-electron chi connectivity index (χ3n) is 2.57. The fourth-order valence-electron chi connectivity index (χ4n) is 1.59. The lowest BCUT2D eigenvalue weighted by Gasteiger charge is -2.11. The summed E-state index contributed by atoms with van der Waals surface area (Å²) < 4.78 is 15.2. The van der Waals surface area contributed by atoms with Crippen LogP contribution in [0.2, 0.25) is 0 Å². The van der Waals surface area contributed by atoms with E-state index in [2.05, 4.69) is 16.5 Å². The summed E-state index contributed by atoms with van der Waals surface area (Å²) in [5.74, 6) is 0.332. The molecule has 1 amide bonds. The number of hydrogen-bond acceptors (Lipinski definition) is 6. The SMILES string of the molecule is C=Cc1ccc2onc(OCC(N)COC(N)=O)c2c1. The zero-order valence-electron chi connectivity index (χ0n) is 10.7. The van der Waals surface area contributed by atoms with Crippen molar-refractivity contribution < 1.29 is 18.8 Å². The van der Waals surface area contributed by atoms with Gasteiger partial charge in [0.15, 0.2) is 5.58 Å². The van der Waals surface area contributed by atoms with Crippen molar-refractivity contribution in [3.8, 4) is 5.88 Å². The summed E-state index contributed by atoms with van der Waals surface area (Å²) >= 11 is 0. The monoisotopic (exact) mass is 277 g/mol. The summed E-state index contributed by atoms with van der Waals surface area (Å²) in [4.78, 5) is 10.4. The van der Waals surface area contributed by atoms with Gasteiger partial charge in [0, 0.05) is 0 Å². The highest BCUT2D eigenvalue weighted by atomic mass is 16.6. The maximum atomic E-state index is 10.4. The van der Waals surface area contributed by atoms with Crippen molar-refractivity contribution in [3.63, 3.8) is 0 Å². The Morgan fingerprint density at radius 1 is 1.50 bits per heavy atom. The van der Waals surface area contributed by atoms with Gasteiger partial charge in [0.25, 0.3) is 5.88 Å². The molecule has 1 aromatic heterocycles. The molecule has 1 atom stereocenters. The molecular formula is C13H15N3O4. The van der Waals surface area contributed by atoms with Gasteiger partial charge < -0.3 is 25.5 Å². The normalized spacial score (nSPS) is 12.1. The molecule has 0 radical (unpaired) electrons. The lowest BCUT2D eigenvalue weighted by molar-refractivity contribution is 0.136. The summed E-state index contributed by atoms with van der Waals surface area (Å²) in [6.45, 7) is 3.79. The highest BCUT2D eigenvalue weighted by Crippen LogP contribution is 2.26. The molecule has 0 bridgehead atoms. The van der Waals surface area contributed by atoms with Crippen LogP contribution in [0.15, 0.2) is 29.3 Å². The van der Waals surface area contributed by atoms with Crippen LogP contribution in [-0.2, 0) is 4.74 Å². The summed E-state index contributed by atoms with van der Waals surface area (Å²) in [6.07, 6.45) is 0.839. The van der Waals surface area contributed by atoms with E-state index >= 15 is 0 Å². The topological polar surface area (TPSA) is 114 Å². The van der Waals surface area contributed by atoms with Crippen LogP contribution in [0.1, 0.15) is 5.56 Å². The Labute approximate surface area is 115 Å². The second-order valence-electron chi connectivity index (χ2n) is 4.15. The molecule has 4 N–H and O–H groups in total. The number of nitrogens with two attached hydrogens (primary N) is 2. The van der Waals surface area contributed by atoms with Gasteiger partial charge in [-0.25, -0.2) is 4.79 Å². The first-order valence-corrected chi connectivity index (χ1v) is 5.92. The number of nitrogens with zero attached hydrogens (tertiary/aromatic N) is 1. The molecule has 7 nitrogen and oxygen atoms in total. The number of hydrogen-bond donors (Lipinski definition) is 2. The molecule has 0 aliphatic rings. The van der Waals surface area contributed by atoms with E-state index in [9.17, 15) is 4.79 Å². The number of amides is 1. The van der Waals surface area contributed by atoms with E-state index in [1.807, 2.05) is 12.1 Å². The lowest BCUT2D eigenvalue weighted by atomic mass is 10.1. The van der Waals surface area contributed by atoms with Crippen molar-refractivity contribution in [3.05, 3.63) is 30.3 Å². The Hall–Kier alpha value is -2.54. The standard InChI is InChI=1S/C13H15N3O4/c1-2-8-3-4-11-10(5-8)12(16-20-11)18-6-9(14)7-19-13(15)17/h2-5,9H,1,6-7,14H2,(H2,15,17). The first-order chi connectivity index (χ1) is 9.60. The van der Waals surface area contributed by atoms with Crippen LogP contribution in [-0.4, -0.2) is 30.5 Å². The minimum absolute atomic E-state index is 0.0248. The minimum atomic E-state index is -0.872. The van der Waals surface area contributed by atoms with E-state index in [0.717, 1.165) is 10.9 Å². The first-order valence-electron chi connectivity index (χ1n) is 5.92. The molecule has 7 heteroatoms. The molecule has 0 fully saturated rings. The summed E-state index contributed by atoms with van der Waals surface area (Å²) in [6, 6.07) is 4.98. The van der Waals surface area contributed by atoms with Crippen LogP contribution >= 0.6 is 0 Å². The van der Waals surface area contributed by atoms with E-state index < -0.39 is 12.1 Å². The minimum Gasteiger partial charge on any atom is -0.473 e. The number of fused-ring (bicyclic) bond motifs is 1. The molecule has 2 aromatic rings. The maximum absolute atomic E-state index is 10.4. The van der Waals surface area contributed by atoms with E-state index in [-0.39, 0.29) is 13.2 Å². The fourth-order valence-corrected chi connectivity index (χ4v) is 1.59. The van der Waals surface area contributed by atoms with E-state index in [1.165, 1.54) is 0 Å². The molecular weight excluding hydrogens is 262 g/mol. The van der Waals surface area contributed by atoms with Gasteiger partial charge in [-0.3, -0.25) is 0 Å². The van der Waals surface area contributed by atoms with Crippen molar-refractivity contribution in [1.29, 1.82) is 0 Å². The number of benzene rings is 1. The highest BCUT2D eigenvalue weighted by Gasteiger charge is 2.12. The second-order valence-corrected chi connectivity index (χ2v) is 4.15. The van der Waals surface area contributed by atoms with Crippen LogP contribution in [0.4, 0.5) is 4.79 Å². The molecule has 0 spiro atoms. The number of carbonyl (C=O) groups excluding carboxylic acids is 1. The van der Waals surface area contributed by atoms with E-state index in [1.54, 1.807) is 12.1 Å². The van der Waals surface area contributed by atoms with Gasteiger partial charge in [0.1, 0.15) is 13.2 Å². The maximum Gasteiger partial charge on any atom is 0.404 e. The van der Waals surface area contributed by atoms with Gasteiger partial charge in [0.2, 0.25) is 0 Å².